The highest BCUT2D eigenvalue weighted by molar-refractivity contribution is 5.96. The van der Waals surface area contributed by atoms with Crippen molar-refractivity contribution < 1.29 is 9.53 Å². The van der Waals surface area contributed by atoms with Gasteiger partial charge in [0.25, 0.3) is 5.91 Å². The summed E-state index contributed by atoms with van der Waals surface area (Å²) in [6, 6.07) is 2.15. The van der Waals surface area contributed by atoms with Crippen LogP contribution in [0.3, 0.4) is 0 Å². The van der Waals surface area contributed by atoms with Crippen molar-refractivity contribution in [2.75, 3.05) is 46.4 Å². The average Bonchev–Trinajstić information content (AvgIpc) is 2.90. The van der Waals surface area contributed by atoms with Crippen LogP contribution in [0.15, 0.2) is 18.5 Å². The zero-order chi connectivity index (χ0) is 17.8. The summed E-state index contributed by atoms with van der Waals surface area (Å²) in [5.74, 6) is 0.0558. The topological polar surface area (TPSA) is 63.5 Å². The van der Waals surface area contributed by atoms with Gasteiger partial charge in [0.1, 0.15) is 0 Å². The third kappa shape index (κ3) is 3.99. The standard InChI is InChI=1S/C18H27N5O2/c1-14(2)23-17-15(13-20-23)11-16(12-19-17)18(24)22-6-4-5-21(7-8-22)9-10-25-3/h11-14H,4-10H2,1-3H3. The first-order valence-electron chi connectivity index (χ1n) is 8.94. The minimum atomic E-state index is 0.0558. The predicted octanol–water partition coefficient (Wildman–Crippen LogP) is 1.81. The van der Waals surface area contributed by atoms with E-state index in [2.05, 4.69) is 28.8 Å². The third-order valence-electron chi connectivity index (χ3n) is 4.66. The van der Waals surface area contributed by atoms with E-state index in [9.17, 15) is 4.79 Å². The number of ether oxygens (including phenoxy) is 1. The molecule has 0 unspecified atom stereocenters. The van der Waals surface area contributed by atoms with Gasteiger partial charge in [-0.05, 0) is 32.9 Å². The maximum Gasteiger partial charge on any atom is 0.255 e. The van der Waals surface area contributed by atoms with Gasteiger partial charge in [0.2, 0.25) is 0 Å². The highest BCUT2D eigenvalue weighted by Crippen LogP contribution is 2.18. The minimum Gasteiger partial charge on any atom is -0.383 e. The van der Waals surface area contributed by atoms with E-state index < -0.39 is 0 Å². The lowest BCUT2D eigenvalue weighted by molar-refractivity contribution is 0.0759. The molecule has 1 amide bonds. The molecule has 0 bridgehead atoms. The Morgan fingerprint density at radius 2 is 2.08 bits per heavy atom. The lowest BCUT2D eigenvalue weighted by atomic mass is 10.2. The Morgan fingerprint density at radius 1 is 1.24 bits per heavy atom. The Hall–Kier alpha value is -1.99. The summed E-state index contributed by atoms with van der Waals surface area (Å²) in [5.41, 5.74) is 1.47. The van der Waals surface area contributed by atoms with Gasteiger partial charge in [0, 0.05) is 50.9 Å². The molecule has 0 spiro atoms. The lowest BCUT2D eigenvalue weighted by Crippen LogP contribution is -2.36. The predicted molar refractivity (Wildman–Crippen MR) is 96.7 cm³/mol. The second-order valence-electron chi connectivity index (χ2n) is 6.80. The van der Waals surface area contributed by atoms with Crippen molar-refractivity contribution in [2.24, 2.45) is 0 Å². The molecule has 0 atom stereocenters. The molecule has 0 aliphatic carbocycles. The summed E-state index contributed by atoms with van der Waals surface area (Å²) in [7, 11) is 1.72. The summed E-state index contributed by atoms with van der Waals surface area (Å²) in [5, 5.41) is 5.29. The second kappa shape index (κ2) is 7.93. The number of hydrogen-bond donors (Lipinski definition) is 0. The molecule has 0 saturated carbocycles. The molecule has 3 rings (SSSR count). The van der Waals surface area contributed by atoms with Crippen LogP contribution in [0.4, 0.5) is 0 Å². The zero-order valence-corrected chi connectivity index (χ0v) is 15.3. The van der Waals surface area contributed by atoms with Crippen LogP contribution in [-0.4, -0.2) is 76.9 Å². The van der Waals surface area contributed by atoms with Crippen LogP contribution in [0, 0.1) is 0 Å². The molecule has 7 heteroatoms. The van der Waals surface area contributed by atoms with Crippen LogP contribution >= 0.6 is 0 Å². The van der Waals surface area contributed by atoms with E-state index in [1.807, 2.05) is 15.6 Å². The van der Waals surface area contributed by atoms with E-state index in [1.165, 1.54) is 0 Å². The zero-order valence-electron chi connectivity index (χ0n) is 15.3. The third-order valence-corrected chi connectivity index (χ3v) is 4.66. The van der Waals surface area contributed by atoms with E-state index in [1.54, 1.807) is 19.5 Å². The Kier molecular flexibility index (Phi) is 5.65. The number of pyridine rings is 1. The van der Waals surface area contributed by atoms with E-state index in [0.29, 0.717) is 5.56 Å². The molecule has 3 heterocycles. The Bertz CT molecular complexity index is 727. The molecule has 1 fully saturated rings. The number of carbonyl (C=O) groups excluding carboxylic acids is 1. The van der Waals surface area contributed by atoms with Crippen LogP contribution in [0.25, 0.3) is 11.0 Å². The summed E-state index contributed by atoms with van der Waals surface area (Å²) in [6.07, 6.45) is 4.45. The molecule has 1 aliphatic rings. The molecule has 0 aromatic carbocycles. The molecule has 0 N–H and O–H groups in total. The van der Waals surface area contributed by atoms with Crippen LogP contribution in [0.2, 0.25) is 0 Å². The first-order chi connectivity index (χ1) is 12.1. The fraction of sp³-hybridized carbons (Fsp3) is 0.611. The molecular weight excluding hydrogens is 318 g/mol. The van der Waals surface area contributed by atoms with Gasteiger partial charge < -0.3 is 9.64 Å². The smallest absolute Gasteiger partial charge is 0.255 e. The average molecular weight is 345 g/mol. The first-order valence-corrected chi connectivity index (χ1v) is 8.94. The number of hydrogen-bond acceptors (Lipinski definition) is 5. The van der Waals surface area contributed by atoms with Crippen molar-refractivity contribution >= 4 is 16.9 Å². The van der Waals surface area contributed by atoms with Gasteiger partial charge in [-0.3, -0.25) is 9.69 Å². The fourth-order valence-corrected chi connectivity index (χ4v) is 3.24. The number of carbonyl (C=O) groups is 1. The van der Waals surface area contributed by atoms with Crippen molar-refractivity contribution in [1.82, 2.24) is 24.6 Å². The van der Waals surface area contributed by atoms with Crippen molar-refractivity contribution in [3.63, 3.8) is 0 Å². The molecule has 136 valence electrons. The second-order valence-corrected chi connectivity index (χ2v) is 6.80. The van der Waals surface area contributed by atoms with Crippen LogP contribution in [-0.2, 0) is 4.74 Å². The summed E-state index contributed by atoms with van der Waals surface area (Å²) in [6.45, 7) is 9.20. The summed E-state index contributed by atoms with van der Waals surface area (Å²) >= 11 is 0. The van der Waals surface area contributed by atoms with E-state index in [4.69, 9.17) is 4.74 Å². The maximum absolute atomic E-state index is 12.9. The van der Waals surface area contributed by atoms with E-state index in [0.717, 1.165) is 56.8 Å². The number of rotatable bonds is 5. The molecule has 25 heavy (non-hydrogen) atoms. The van der Waals surface area contributed by atoms with Gasteiger partial charge in [-0.1, -0.05) is 0 Å². The van der Waals surface area contributed by atoms with E-state index >= 15 is 0 Å². The van der Waals surface area contributed by atoms with Crippen LogP contribution in [0.5, 0.6) is 0 Å². The van der Waals surface area contributed by atoms with E-state index in [-0.39, 0.29) is 11.9 Å². The SMILES string of the molecule is COCCN1CCCN(C(=O)c2cnc3c(cnn3C(C)C)c2)CC1. The number of nitrogens with zero attached hydrogens (tertiary/aromatic N) is 5. The van der Waals surface area contributed by atoms with Crippen molar-refractivity contribution in [1.29, 1.82) is 0 Å². The monoisotopic (exact) mass is 345 g/mol. The molecule has 1 aliphatic heterocycles. The quantitative estimate of drug-likeness (QED) is 0.827. The molecule has 7 nitrogen and oxygen atoms in total. The Labute approximate surface area is 148 Å². The number of aromatic nitrogens is 3. The van der Waals surface area contributed by atoms with Gasteiger partial charge in [0.15, 0.2) is 5.65 Å². The molecule has 0 radical (unpaired) electrons. The molecular formula is C18H27N5O2. The maximum atomic E-state index is 12.9. The van der Waals surface area contributed by atoms with Gasteiger partial charge in [-0.25, -0.2) is 9.67 Å². The first kappa shape index (κ1) is 17.8. The van der Waals surface area contributed by atoms with Crippen LogP contribution < -0.4 is 0 Å². The molecule has 2 aromatic rings. The summed E-state index contributed by atoms with van der Waals surface area (Å²) in [4.78, 5) is 21.6. The Balaban J connectivity index is 1.71. The normalized spacial score (nSPS) is 16.6. The van der Waals surface area contributed by atoms with Crippen molar-refractivity contribution in [3.05, 3.63) is 24.0 Å². The van der Waals surface area contributed by atoms with Gasteiger partial charge in [-0.2, -0.15) is 5.10 Å². The molecule has 1 saturated heterocycles. The van der Waals surface area contributed by atoms with Gasteiger partial charge >= 0.3 is 0 Å². The minimum absolute atomic E-state index is 0.0558. The van der Waals surface area contributed by atoms with Crippen LogP contribution in [0.1, 0.15) is 36.7 Å². The number of amides is 1. The van der Waals surface area contributed by atoms with Crippen molar-refractivity contribution in [3.8, 4) is 0 Å². The van der Waals surface area contributed by atoms with Crippen molar-refractivity contribution in [2.45, 2.75) is 26.3 Å². The highest BCUT2D eigenvalue weighted by Gasteiger charge is 2.21. The molecule has 2 aromatic heterocycles. The summed E-state index contributed by atoms with van der Waals surface area (Å²) < 4.78 is 7.03. The fourth-order valence-electron chi connectivity index (χ4n) is 3.24. The Morgan fingerprint density at radius 3 is 2.84 bits per heavy atom. The van der Waals surface area contributed by atoms with Gasteiger partial charge in [-0.15, -0.1) is 0 Å². The lowest BCUT2D eigenvalue weighted by Gasteiger charge is -2.21. The van der Waals surface area contributed by atoms with Gasteiger partial charge in [0.05, 0.1) is 18.4 Å². The number of methoxy groups -OCH3 is 1. The largest absolute Gasteiger partial charge is 0.383 e. The highest BCUT2D eigenvalue weighted by atomic mass is 16.5. The number of fused-ring (bicyclic) bond motifs is 1.